The van der Waals surface area contributed by atoms with Crippen molar-refractivity contribution in [2.75, 3.05) is 5.48 Å². The summed E-state index contributed by atoms with van der Waals surface area (Å²) in [6.07, 6.45) is 1.61. The van der Waals surface area contributed by atoms with E-state index in [1.165, 1.54) is 4.68 Å². The predicted octanol–water partition coefficient (Wildman–Crippen LogP) is 1.57. The van der Waals surface area contributed by atoms with Crippen LogP contribution in [0, 0.1) is 0 Å². The van der Waals surface area contributed by atoms with Gasteiger partial charge in [-0.15, -0.1) is 5.10 Å². The second kappa shape index (κ2) is 5.96. The topological polar surface area (TPSA) is 96.1 Å². The van der Waals surface area contributed by atoms with E-state index in [0.29, 0.717) is 23.0 Å². The minimum absolute atomic E-state index is 0.0613. The van der Waals surface area contributed by atoms with Gasteiger partial charge >= 0.3 is 0 Å². The van der Waals surface area contributed by atoms with Crippen LogP contribution in [0.5, 0.6) is 0 Å². The molecule has 2 aromatic rings. The summed E-state index contributed by atoms with van der Waals surface area (Å²) in [5, 5.41) is 23.0. The summed E-state index contributed by atoms with van der Waals surface area (Å²) in [6, 6.07) is 3.37. The van der Waals surface area contributed by atoms with E-state index in [0.717, 1.165) is 0 Å². The Morgan fingerprint density at radius 2 is 2.32 bits per heavy atom. The third-order valence-corrected chi connectivity index (χ3v) is 2.82. The van der Waals surface area contributed by atoms with Gasteiger partial charge in [-0.3, -0.25) is 5.21 Å². The summed E-state index contributed by atoms with van der Waals surface area (Å²) < 4.78 is 1.51. The van der Waals surface area contributed by atoms with Crippen LogP contribution in [0.2, 0.25) is 5.15 Å². The van der Waals surface area contributed by atoms with Gasteiger partial charge in [0.1, 0.15) is 5.15 Å². The van der Waals surface area contributed by atoms with Crippen LogP contribution in [-0.2, 0) is 6.54 Å². The van der Waals surface area contributed by atoms with Gasteiger partial charge in [0, 0.05) is 11.8 Å². The van der Waals surface area contributed by atoms with Crippen LogP contribution in [-0.4, -0.2) is 36.2 Å². The van der Waals surface area contributed by atoms with Gasteiger partial charge in [-0.1, -0.05) is 18.5 Å². The van der Waals surface area contributed by atoms with Gasteiger partial charge < -0.3 is 5.11 Å². The minimum Gasteiger partial charge on any atom is -0.391 e. The summed E-state index contributed by atoms with van der Waals surface area (Å²) in [5.74, 6) is 0.555. The average molecular weight is 284 g/mol. The lowest BCUT2D eigenvalue weighted by Gasteiger charge is -2.09. The van der Waals surface area contributed by atoms with Crippen molar-refractivity contribution in [2.24, 2.45) is 0 Å². The fourth-order valence-electron chi connectivity index (χ4n) is 1.60. The first-order chi connectivity index (χ1) is 9.13. The van der Waals surface area contributed by atoms with Gasteiger partial charge in [-0.25, -0.2) is 15.1 Å². The zero-order chi connectivity index (χ0) is 13.8. The Kier molecular flexibility index (Phi) is 4.31. The highest BCUT2D eigenvalue weighted by atomic mass is 35.5. The molecule has 0 radical (unpaired) electrons. The number of aliphatic hydroxyl groups excluding tert-OH is 1. The molecule has 8 heteroatoms. The Bertz CT molecular complexity index is 560. The fraction of sp³-hybridized carbons (Fsp3) is 0.364. The highest BCUT2D eigenvalue weighted by Gasteiger charge is 2.14. The van der Waals surface area contributed by atoms with Crippen LogP contribution in [0.1, 0.15) is 13.3 Å². The minimum atomic E-state index is -0.538. The zero-order valence-corrected chi connectivity index (χ0v) is 11.0. The van der Waals surface area contributed by atoms with E-state index in [1.54, 1.807) is 18.3 Å². The Labute approximate surface area is 114 Å². The van der Waals surface area contributed by atoms with E-state index in [4.69, 9.17) is 16.8 Å². The van der Waals surface area contributed by atoms with Crippen molar-refractivity contribution in [1.29, 1.82) is 0 Å². The third kappa shape index (κ3) is 3.19. The molecule has 0 aromatic carbocycles. The summed E-state index contributed by atoms with van der Waals surface area (Å²) in [5.41, 5.74) is 2.60. The molecule has 0 aliphatic heterocycles. The number of aliphatic hydroxyl groups is 1. The number of nitrogens with one attached hydrogen (secondary N) is 1. The molecule has 1 atom stereocenters. The number of nitrogens with zero attached hydrogens (tertiary/aromatic N) is 4. The molecule has 0 saturated carbocycles. The Balaban J connectivity index is 2.40. The molecule has 0 aliphatic rings. The van der Waals surface area contributed by atoms with Crippen molar-refractivity contribution in [3.05, 3.63) is 23.5 Å². The van der Waals surface area contributed by atoms with Crippen LogP contribution >= 0.6 is 11.6 Å². The van der Waals surface area contributed by atoms with Gasteiger partial charge in [-0.2, -0.15) is 4.98 Å². The molecule has 3 N–H and O–H groups in total. The van der Waals surface area contributed by atoms with Crippen molar-refractivity contribution in [3.8, 4) is 11.4 Å². The average Bonchev–Trinajstić information content (AvgIpc) is 2.81. The number of halogens is 1. The van der Waals surface area contributed by atoms with Gasteiger partial charge in [0.15, 0.2) is 5.82 Å². The highest BCUT2D eigenvalue weighted by Crippen LogP contribution is 2.21. The molecule has 2 heterocycles. The van der Waals surface area contributed by atoms with E-state index in [1.807, 2.05) is 12.4 Å². The van der Waals surface area contributed by atoms with Crippen molar-refractivity contribution in [2.45, 2.75) is 26.0 Å². The van der Waals surface area contributed by atoms with E-state index < -0.39 is 6.10 Å². The maximum atomic E-state index is 9.71. The predicted molar refractivity (Wildman–Crippen MR) is 70.0 cm³/mol. The van der Waals surface area contributed by atoms with Gasteiger partial charge in [0.25, 0.3) is 5.95 Å². The normalized spacial score (nSPS) is 12.4. The van der Waals surface area contributed by atoms with Crippen LogP contribution < -0.4 is 5.48 Å². The second-order valence-electron chi connectivity index (χ2n) is 3.98. The number of anilines is 1. The first-order valence-electron chi connectivity index (χ1n) is 5.79. The summed E-state index contributed by atoms with van der Waals surface area (Å²) in [4.78, 5) is 8.01. The number of hydrogen-bond acceptors (Lipinski definition) is 6. The van der Waals surface area contributed by atoms with Crippen molar-refractivity contribution in [1.82, 2.24) is 19.7 Å². The van der Waals surface area contributed by atoms with Gasteiger partial charge in [0.2, 0.25) is 0 Å². The lowest BCUT2D eigenvalue weighted by Crippen LogP contribution is -2.16. The van der Waals surface area contributed by atoms with Crippen molar-refractivity contribution < 1.29 is 10.3 Å². The molecule has 2 rings (SSSR count). The van der Waals surface area contributed by atoms with E-state index in [2.05, 4.69) is 15.1 Å². The molecule has 0 amide bonds. The first kappa shape index (κ1) is 13.7. The number of hydrogen-bond donors (Lipinski definition) is 3. The molecule has 0 aliphatic carbocycles. The quantitative estimate of drug-likeness (QED) is 0.569. The molecule has 19 heavy (non-hydrogen) atoms. The first-order valence-corrected chi connectivity index (χ1v) is 6.16. The van der Waals surface area contributed by atoms with Gasteiger partial charge in [-0.05, 0) is 18.6 Å². The summed E-state index contributed by atoms with van der Waals surface area (Å²) in [6.45, 7) is 2.15. The second-order valence-corrected chi connectivity index (χ2v) is 4.37. The van der Waals surface area contributed by atoms with Crippen LogP contribution in [0.25, 0.3) is 11.4 Å². The maximum Gasteiger partial charge on any atom is 0.266 e. The third-order valence-electron chi connectivity index (χ3n) is 2.61. The summed E-state index contributed by atoms with van der Waals surface area (Å²) >= 11 is 5.84. The molecule has 0 fully saturated rings. The van der Waals surface area contributed by atoms with Gasteiger partial charge in [0.05, 0.1) is 12.6 Å². The molecule has 7 nitrogen and oxygen atoms in total. The SMILES string of the molecule is CCC(O)Cn1nc(NO)nc1-c1ccnc(Cl)c1. The Morgan fingerprint density at radius 3 is 2.95 bits per heavy atom. The smallest absolute Gasteiger partial charge is 0.266 e. The molecular formula is C11H14ClN5O2. The Morgan fingerprint density at radius 1 is 1.53 bits per heavy atom. The highest BCUT2D eigenvalue weighted by molar-refractivity contribution is 6.29. The number of rotatable bonds is 5. The molecule has 0 bridgehead atoms. The molecular weight excluding hydrogens is 270 g/mol. The lowest BCUT2D eigenvalue weighted by molar-refractivity contribution is 0.146. The lowest BCUT2D eigenvalue weighted by atomic mass is 10.2. The van der Waals surface area contributed by atoms with Crippen LogP contribution in [0.4, 0.5) is 5.95 Å². The largest absolute Gasteiger partial charge is 0.391 e. The Hall–Kier alpha value is -1.70. The monoisotopic (exact) mass is 283 g/mol. The molecule has 1 unspecified atom stereocenters. The summed E-state index contributed by atoms with van der Waals surface area (Å²) in [7, 11) is 0. The maximum absolute atomic E-state index is 9.71. The zero-order valence-electron chi connectivity index (χ0n) is 10.3. The molecule has 102 valence electrons. The molecule has 0 spiro atoms. The van der Waals surface area contributed by atoms with Crippen molar-refractivity contribution in [3.63, 3.8) is 0 Å². The fourth-order valence-corrected chi connectivity index (χ4v) is 1.77. The van der Waals surface area contributed by atoms with Crippen LogP contribution in [0.3, 0.4) is 0 Å². The van der Waals surface area contributed by atoms with E-state index in [-0.39, 0.29) is 12.5 Å². The standard InChI is InChI=1S/C11H14ClN5O2/c1-2-8(18)6-17-10(14-11(15-17)16-19)7-3-4-13-9(12)5-7/h3-5,8,18-19H,2,6H2,1H3,(H,15,16). The van der Waals surface area contributed by atoms with E-state index >= 15 is 0 Å². The van der Waals surface area contributed by atoms with Crippen molar-refractivity contribution >= 4 is 17.5 Å². The van der Waals surface area contributed by atoms with Crippen LogP contribution in [0.15, 0.2) is 18.3 Å². The number of aromatic nitrogens is 4. The van der Waals surface area contributed by atoms with E-state index in [9.17, 15) is 5.11 Å². The number of pyridine rings is 1. The molecule has 2 aromatic heterocycles. The molecule has 0 saturated heterocycles.